The van der Waals surface area contributed by atoms with Gasteiger partial charge in [-0.05, 0) is 49.5 Å². The zero-order chi connectivity index (χ0) is 11.1. The van der Waals surface area contributed by atoms with Crippen molar-refractivity contribution in [3.8, 4) is 0 Å². The van der Waals surface area contributed by atoms with E-state index in [1.165, 1.54) is 12.8 Å². The number of allylic oxidation sites excluding steroid dienone is 2. The van der Waals surface area contributed by atoms with Gasteiger partial charge in [0.1, 0.15) is 0 Å². The Bertz CT molecular complexity index is 308. The fourth-order valence-electron chi connectivity index (χ4n) is 3.26. The summed E-state index contributed by atoms with van der Waals surface area (Å²) < 4.78 is 0. The highest BCUT2D eigenvalue weighted by molar-refractivity contribution is 5.93. The van der Waals surface area contributed by atoms with Crippen LogP contribution < -0.4 is 5.73 Å². The molecule has 0 aromatic heterocycles. The monoisotopic (exact) mass is 207 g/mol. The lowest BCUT2D eigenvalue weighted by Crippen LogP contribution is -2.46. The fourth-order valence-corrected chi connectivity index (χ4v) is 3.26. The van der Waals surface area contributed by atoms with Crippen molar-refractivity contribution in [1.82, 2.24) is 0 Å². The summed E-state index contributed by atoms with van der Waals surface area (Å²) in [6.07, 6.45) is 7.75. The number of hydrogen-bond donors (Lipinski definition) is 1. The van der Waals surface area contributed by atoms with Crippen LogP contribution >= 0.6 is 0 Å². The minimum Gasteiger partial charge on any atom is -0.327 e. The molecule has 0 aromatic carbocycles. The smallest absolute Gasteiger partial charge is 0.155 e. The van der Waals surface area contributed by atoms with Gasteiger partial charge in [-0.25, -0.2) is 0 Å². The first-order chi connectivity index (χ1) is 7.03. The molecule has 0 aromatic rings. The number of ketones is 1. The van der Waals surface area contributed by atoms with Gasteiger partial charge in [-0.1, -0.05) is 19.4 Å². The maximum atomic E-state index is 11.4. The molecular formula is C13H21NO. The predicted molar refractivity (Wildman–Crippen MR) is 61.4 cm³/mol. The van der Waals surface area contributed by atoms with Gasteiger partial charge in [-0.3, -0.25) is 4.79 Å². The van der Waals surface area contributed by atoms with Crippen LogP contribution in [0.25, 0.3) is 0 Å². The zero-order valence-electron chi connectivity index (χ0n) is 9.75. The van der Waals surface area contributed by atoms with Crippen LogP contribution in [0.3, 0.4) is 0 Å². The van der Waals surface area contributed by atoms with Crippen molar-refractivity contribution in [2.75, 3.05) is 0 Å². The van der Waals surface area contributed by atoms with Crippen molar-refractivity contribution in [1.29, 1.82) is 0 Å². The molecule has 2 nitrogen and oxygen atoms in total. The molecule has 2 N–H and O–H groups in total. The van der Waals surface area contributed by atoms with E-state index < -0.39 is 0 Å². The van der Waals surface area contributed by atoms with E-state index >= 15 is 0 Å². The first kappa shape index (κ1) is 10.9. The molecule has 1 fully saturated rings. The van der Waals surface area contributed by atoms with Gasteiger partial charge in [0.15, 0.2) is 5.78 Å². The second-order valence-corrected chi connectivity index (χ2v) is 5.51. The Kier molecular flexibility index (Phi) is 2.72. The lowest BCUT2D eigenvalue weighted by molar-refractivity contribution is -0.114. The highest BCUT2D eigenvalue weighted by Crippen LogP contribution is 2.49. The van der Waals surface area contributed by atoms with E-state index in [2.05, 4.69) is 13.0 Å². The Morgan fingerprint density at radius 1 is 1.60 bits per heavy atom. The molecule has 2 aliphatic carbocycles. The number of rotatable bonds is 1. The summed E-state index contributed by atoms with van der Waals surface area (Å²) in [4.78, 5) is 11.4. The third-order valence-electron chi connectivity index (χ3n) is 4.40. The molecule has 0 saturated heterocycles. The average Bonchev–Trinajstić information content (AvgIpc) is 2.17. The Labute approximate surface area is 91.9 Å². The predicted octanol–water partition coefficient (Wildman–Crippen LogP) is 2.43. The van der Waals surface area contributed by atoms with Crippen LogP contribution in [-0.2, 0) is 4.79 Å². The van der Waals surface area contributed by atoms with Gasteiger partial charge in [0.2, 0.25) is 0 Å². The van der Waals surface area contributed by atoms with Gasteiger partial charge >= 0.3 is 0 Å². The average molecular weight is 207 g/mol. The van der Waals surface area contributed by atoms with Crippen LogP contribution in [0.15, 0.2) is 11.6 Å². The van der Waals surface area contributed by atoms with Crippen molar-refractivity contribution in [2.24, 2.45) is 17.1 Å². The second kappa shape index (κ2) is 3.75. The summed E-state index contributed by atoms with van der Waals surface area (Å²) in [5.74, 6) is 0.755. The minimum absolute atomic E-state index is 0.231. The third kappa shape index (κ3) is 1.87. The molecule has 2 heteroatoms. The number of Topliss-reactive ketones (excluding diaryl/α,β-unsaturated/α-hetero) is 1. The number of nitrogens with two attached hydrogens (primary N) is 1. The number of fused-ring (bicyclic) bond motifs is 1. The molecule has 3 atom stereocenters. The van der Waals surface area contributed by atoms with Gasteiger partial charge in [-0.2, -0.15) is 0 Å². The maximum absolute atomic E-state index is 11.4. The van der Waals surface area contributed by atoms with Crippen LogP contribution in [-0.4, -0.2) is 11.8 Å². The van der Waals surface area contributed by atoms with Crippen molar-refractivity contribution in [3.05, 3.63) is 11.6 Å². The standard InChI is InChI=1S/C13H21NO/c1-9(15)10-5-7-13(2)6-3-4-12(14)11(13)8-10/h5,11-12H,3-4,6-8,14H2,1-2H3/t11-,12+,13+/m0/s1. The molecule has 0 amide bonds. The minimum atomic E-state index is 0.231. The molecule has 0 aliphatic heterocycles. The maximum Gasteiger partial charge on any atom is 0.155 e. The Morgan fingerprint density at radius 3 is 3.00 bits per heavy atom. The lowest BCUT2D eigenvalue weighted by atomic mass is 9.59. The number of hydrogen-bond acceptors (Lipinski definition) is 2. The first-order valence-corrected chi connectivity index (χ1v) is 5.98. The molecule has 0 radical (unpaired) electrons. The summed E-state index contributed by atoms with van der Waals surface area (Å²) in [7, 11) is 0. The van der Waals surface area contributed by atoms with E-state index in [1.54, 1.807) is 6.92 Å². The van der Waals surface area contributed by atoms with E-state index in [1.807, 2.05) is 0 Å². The summed E-state index contributed by atoms with van der Waals surface area (Å²) in [6, 6.07) is 0.298. The highest BCUT2D eigenvalue weighted by Gasteiger charge is 2.42. The summed E-state index contributed by atoms with van der Waals surface area (Å²) in [5, 5.41) is 0. The van der Waals surface area contributed by atoms with Crippen molar-refractivity contribution < 1.29 is 4.79 Å². The third-order valence-corrected chi connectivity index (χ3v) is 4.40. The van der Waals surface area contributed by atoms with Gasteiger partial charge in [0.05, 0.1) is 0 Å². The fraction of sp³-hybridized carbons (Fsp3) is 0.769. The molecule has 84 valence electrons. The summed E-state index contributed by atoms with van der Waals surface area (Å²) in [6.45, 7) is 4.01. The van der Waals surface area contributed by atoms with Gasteiger partial charge in [-0.15, -0.1) is 0 Å². The van der Waals surface area contributed by atoms with Gasteiger partial charge in [0.25, 0.3) is 0 Å². The van der Waals surface area contributed by atoms with Crippen molar-refractivity contribution in [2.45, 2.75) is 52.0 Å². The van der Waals surface area contributed by atoms with Crippen LogP contribution in [0.2, 0.25) is 0 Å². The van der Waals surface area contributed by atoms with E-state index in [9.17, 15) is 4.79 Å². The van der Waals surface area contributed by atoms with Gasteiger partial charge < -0.3 is 5.73 Å². The molecule has 2 aliphatic rings. The molecule has 0 spiro atoms. The molecule has 2 rings (SSSR count). The Morgan fingerprint density at radius 2 is 2.33 bits per heavy atom. The molecular weight excluding hydrogens is 186 g/mol. The molecule has 0 heterocycles. The number of carbonyl (C=O) groups excluding carboxylic acids is 1. The van der Waals surface area contributed by atoms with E-state index in [0.29, 0.717) is 17.4 Å². The van der Waals surface area contributed by atoms with Crippen molar-refractivity contribution in [3.63, 3.8) is 0 Å². The zero-order valence-corrected chi connectivity index (χ0v) is 9.75. The van der Waals surface area contributed by atoms with Crippen LogP contribution in [0.5, 0.6) is 0 Å². The van der Waals surface area contributed by atoms with Crippen LogP contribution in [0.4, 0.5) is 0 Å². The topological polar surface area (TPSA) is 43.1 Å². The van der Waals surface area contributed by atoms with Crippen LogP contribution in [0.1, 0.15) is 46.0 Å². The largest absolute Gasteiger partial charge is 0.327 e. The molecule has 0 bridgehead atoms. The lowest BCUT2D eigenvalue weighted by Gasteiger charge is -2.47. The van der Waals surface area contributed by atoms with E-state index in [0.717, 1.165) is 24.8 Å². The summed E-state index contributed by atoms with van der Waals surface area (Å²) in [5.41, 5.74) is 7.57. The Hall–Kier alpha value is -0.630. The van der Waals surface area contributed by atoms with E-state index in [-0.39, 0.29) is 5.78 Å². The van der Waals surface area contributed by atoms with Crippen LogP contribution in [0, 0.1) is 11.3 Å². The molecule has 15 heavy (non-hydrogen) atoms. The molecule has 1 saturated carbocycles. The number of carbonyl (C=O) groups is 1. The highest BCUT2D eigenvalue weighted by atomic mass is 16.1. The van der Waals surface area contributed by atoms with E-state index in [4.69, 9.17) is 5.73 Å². The second-order valence-electron chi connectivity index (χ2n) is 5.51. The molecule has 0 unspecified atom stereocenters. The normalized spacial score (nSPS) is 40.6. The van der Waals surface area contributed by atoms with Crippen molar-refractivity contribution >= 4 is 5.78 Å². The quantitative estimate of drug-likeness (QED) is 0.717. The summed E-state index contributed by atoms with van der Waals surface area (Å²) >= 11 is 0. The first-order valence-electron chi connectivity index (χ1n) is 5.98. The Balaban J connectivity index is 2.23. The SMILES string of the molecule is CC(=O)C1=CC[C@@]2(C)CCC[C@@H](N)[C@@H]2C1. The van der Waals surface area contributed by atoms with Gasteiger partial charge in [0, 0.05) is 6.04 Å².